The summed E-state index contributed by atoms with van der Waals surface area (Å²) in [5, 5.41) is 7.29. The lowest BCUT2D eigenvalue weighted by Gasteiger charge is -2.15. The van der Waals surface area contributed by atoms with Gasteiger partial charge in [-0.2, -0.15) is 5.10 Å². The van der Waals surface area contributed by atoms with Crippen molar-refractivity contribution in [1.82, 2.24) is 15.1 Å². The van der Waals surface area contributed by atoms with Gasteiger partial charge in [-0.3, -0.25) is 9.59 Å². The second-order valence-corrected chi connectivity index (χ2v) is 7.57. The van der Waals surface area contributed by atoms with Crippen LogP contribution in [0.25, 0.3) is 11.3 Å². The Kier molecular flexibility index (Phi) is 6.39. The molecule has 1 aliphatic heterocycles. The average molecular weight is 435 g/mol. The van der Waals surface area contributed by atoms with Gasteiger partial charge in [-0.05, 0) is 38.5 Å². The van der Waals surface area contributed by atoms with Crippen molar-refractivity contribution in [2.45, 2.75) is 32.9 Å². The van der Waals surface area contributed by atoms with Gasteiger partial charge in [0.2, 0.25) is 6.79 Å². The first-order valence-electron chi connectivity index (χ1n) is 10.5. The summed E-state index contributed by atoms with van der Waals surface area (Å²) in [4.78, 5) is 24.5. The van der Waals surface area contributed by atoms with Crippen molar-refractivity contribution in [3.63, 3.8) is 0 Å². The Bertz CT molecular complexity index is 1160. The zero-order valence-electron chi connectivity index (χ0n) is 18.0. The highest BCUT2D eigenvalue weighted by molar-refractivity contribution is 5.80. The summed E-state index contributed by atoms with van der Waals surface area (Å²) >= 11 is 0. The molecule has 0 saturated heterocycles. The Morgan fingerprint density at radius 1 is 1.12 bits per heavy atom. The van der Waals surface area contributed by atoms with E-state index in [2.05, 4.69) is 10.4 Å². The zero-order chi connectivity index (χ0) is 22.5. The number of amides is 1. The van der Waals surface area contributed by atoms with Crippen LogP contribution in [0.3, 0.4) is 0 Å². The molecule has 0 aliphatic carbocycles. The van der Waals surface area contributed by atoms with E-state index in [1.807, 2.05) is 31.2 Å². The first kappa shape index (κ1) is 21.4. The van der Waals surface area contributed by atoms with Gasteiger partial charge in [0.15, 0.2) is 17.6 Å². The van der Waals surface area contributed by atoms with Crippen LogP contribution >= 0.6 is 0 Å². The van der Waals surface area contributed by atoms with E-state index < -0.39 is 6.10 Å². The Morgan fingerprint density at radius 3 is 2.72 bits per heavy atom. The molecule has 166 valence electrons. The Labute approximate surface area is 185 Å². The monoisotopic (exact) mass is 435 g/mol. The number of hydrogen-bond donors (Lipinski definition) is 1. The minimum atomic E-state index is -0.680. The topological polar surface area (TPSA) is 91.7 Å². The van der Waals surface area contributed by atoms with E-state index in [4.69, 9.17) is 14.2 Å². The molecule has 1 amide bonds. The van der Waals surface area contributed by atoms with Crippen molar-refractivity contribution >= 4 is 5.91 Å². The van der Waals surface area contributed by atoms with Gasteiger partial charge < -0.3 is 19.5 Å². The van der Waals surface area contributed by atoms with E-state index in [9.17, 15) is 9.59 Å². The molecule has 1 aromatic heterocycles. The van der Waals surface area contributed by atoms with Crippen LogP contribution < -0.4 is 25.1 Å². The fourth-order valence-electron chi connectivity index (χ4n) is 3.28. The number of carbonyl (C=O) groups is 1. The molecule has 0 fully saturated rings. The number of benzene rings is 2. The van der Waals surface area contributed by atoms with Crippen LogP contribution in [-0.4, -0.2) is 35.1 Å². The van der Waals surface area contributed by atoms with Gasteiger partial charge >= 0.3 is 0 Å². The first-order chi connectivity index (χ1) is 15.5. The van der Waals surface area contributed by atoms with Crippen LogP contribution in [0, 0.1) is 6.92 Å². The maximum absolute atomic E-state index is 12.3. The number of nitrogens with zero attached hydrogens (tertiary/aromatic N) is 2. The van der Waals surface area contributed by atoms with Crippen LogP contribution in [0.2, 0.25) is 0 Å². The van der Waals surface area contributed by atoms with Gasteiger partial charge in [0.05, 0.1) is 5.69 Å². The molecule has 2 aromatic carbocycles. The van der Waals surface area contributed by atoms with Gasteiger partial charge in [0.1, 0.15) is 5.75 Å². The predicted molar refractivity (Wildman–Crippen MR) is 119 cm³/mol. The van der Waals surface area contributed by atoms with Crippen molar-refractivity contribution in [3.05, 3.63) is 70.5 Å². The highest BCUT2D eigenvalue weighted by Crippen LogP contribution is 2.35. The summed E-state index contributed by atoms with van der Waals surface area (Å²) in [6.45, 7) is 4.68. The van der Waals surface area contributed by atoms with E-state index in [1.165, 1.54) is 10.7 Å². The van der Waals surface area contributed by atoms with E-state index in [0.717, 1.165) is 16.8 Å². The smallest absolute Gasteiger partial charge is 0.266 e. The third-order valence-electron chi connectivity index (χ3n) is 5.09. The number of fused-ring (bicyclic) bond motifs is 1. The molecule has 8 nitrogen and oxygen atoms in total. The standard InChI is InChI=1S/C24H25N3O5/c1-16-4-6-18(7-5-16)20-9-11-23(28)27(26-20)13-3-12-25-24(29)17(2)32-19-8-10-21-22(14-19)31-15-30-21/h4-11,14,17H,3,12-13,15H2,1-2H3,(H,25,29)/t17-/m0/s1. The Balaban J connectivity index is 1.27. The van der Waals surface area contributed by atoms with Gasteiger partial charge in [0.25, 0.3) is 11.5 Å². The summed E-state index contributed by atoms with van der Waals surface area (Å²) in [5.74, 6) is 1.54. The summed E-state index contributed by atoms with van der Waals surface area (Å²) in [6.07, 6.45) is -0.117. The summed E-state index contributed by atoms with van der Waals surface area (Å²) < 4.78 is 17.7. The SMILES string of the molecule is Cc1ccc(-c2ccc(=O)n(CCCNC(=O)[C@H](C)Oc3ccc4c(c3)OCO4)n2)cc1. The molecule has 0 radical (unpaired) electrons. The maximum Gasteiger partial charge on any atom is 0.266 e. The average Bonchev–Trinajstić information content (AvgIpc) is 3.26. The molecule has 32 heavy (non-hydrogen) atoms. The molecule has 1 aliphatic rings. The van der Waals surface area contributed by atoms with Crippen molar-refractivity contribution < 1.29 is 19.0 Å². The molecule has 0 spiro atoms. The highest BCUT2D eigenvalue weighted by Gasteiger charge is 2.18. The molecular weight excluding hydrogens is 410 g/mol. The van der Waals surface area contributed by atoms with Gasteiger partial charge in [-0.1, -0.05) is 29.8 Å². The summed E-state index contributed by atoms with van der Waals surface area (Å²) in [6, 6.07) is 16.4. The third kappa shape index (κ3) is 5.08. The zero-order valence-corrected chi connectivity index (χ0v) is 18.0. The van der Waals surface area contributed by atoms with Crippen molar-refractivity contribution in [1.29, 1.82) is 0 Å². The molecule has 0 bridgehead atoms. The minimum absolute atomic E-state index is 0.174. The van der Waals surface area contributed by atoms with E-state index in [-0.39, 0.29) is 18.3 Å². The second-order valence-electron chi connectivity index (χ2n) is 7.57. The number of aromatic nitrogens is 2. The summed E-state index contributed by atoms with van der Waals surface area (Å²) in [7, 11) is 0. The molecule has 4 rings (SSSR count). The number of hydrogen-bond acceptors (Lipinski definition) is 6. The lowest BCUT2D eigenvalue weighted by atomic mass is 10.1. The predicted octanol–water partition coefficient (Wildman–Crippen LogP) is 2.92. The van der Waals surface area contributed by atoms with E-state index in [0.29, 0.717) is 36.8 Å². The van der Waals surface area contributed by atoms with Crippen LogP contribution in [0.4, 0.5) is 0 Å². The van der Waals surface area contributed by atoms with Gasteiger partial charge in [-0.25, -0.2) is 4.68 Å². The van der Waals surface area contributed by atoms with E-state index in [1.54, 1.807) is 31.2 Å². The van der Waals surface area contributed by atoms with E-state index >= 15 is 0 Å². The quantitative estimate of drug-likeness (QED) is 0.547. The molecule has 1 N–H and O–H groups in total. The summed E-state index contributed by atoms with van der Waals surface area (Å²) in [5.41, 5.74) is 2.67. The molecule has 2 heterocycles. The van der Waals surface area contributed by atoms with Crippen molar-refractivity contribution in [3.8, 4) is 28.5 Å². The second kappa shape index (κ2) is 9.55. The molecule has 3 aromatic rings. The lowest BCUT2D eigenvalue weighted by molar-refractivity contribution is -0.127. The Hall–Kier alpha value is -3.81. The first-order valence-corrected chi connectivity index (χ1v) is 10.5. The number of nitrogens with one attached hydrogen (secondary N) is 1. The van der Waals surface area contributed by atoms with Crippen molar-refractivity contribution in [2.24, 2.45) is 0 Å². The molecule has 0 unspecified atom stereocenters. The van der Waals surface area contributed by atoms with Crippen LogP contribution in [-0.2, 0) is 11.3 Å². The molecule has 0 saturated carbocycles. The van der Waals surface area contributed by atoms with Crippen LogP contribution in [0.1, 0.15) is 18.9 Å². The fourth-order valence-corrected chi connectivity index (χ4v) is 3.28. The highest BCUT2D eigenvalue weighted by atomic mass is 16.7. The van der Waals surface area contributed by atoms with Crippen LogP contribution in [0.15, 0.2) is 59.4 Å². The number of aryl methyl sites for hydroxylation is 2. The normalized spacial score (nSPS) is 12.9. The number of ether oxygens (including phenoxy) is 3. The fraction of sp³-hybridized carbons (Fsp3) is 0.292. The van der Waals surface area contributed by atoms with Gasteiger partial charge in [-0.15, -0.1) is 0 Å². The largest absolute Gasteiger partial charge is 0.481 e. The maximum atomic E-state index is 12.3. The lowest BCUT2D eigenvalue weighted by Crippen LogP contribution is -2.37. The van der Waals surface area contributed by atoms with Crippen molar-refractivity contribution in [2.75, 3.05) is 13.3 Å². The minimum Gasteiger partial charge on any atom is -0.481 e. The van der Waals surface area contributed by atoms with Gasteiger partial charge in [0, 0.05) is 30.8 Å². The number of carbonyl (C=O) groups excluding carboxylic acids is 1. The molecular formula is C24H25N3O5. The third-order valence-corrected chi connectivity index (χ3v) is 5.09. The molecule has 1 atom stereocenters. The van der Waals surface area contributed by atoms with Crippen LogP contribution in [0.5, 0.6) is 17.2 Å². The number of rotatable bonds is 8. The Morgan fingerprint density at radius 2 is 1.91 bits per heavy atom. The molecule has 8 heteroatoms.